The Bertz CT molecular complexity index is 280. The fourth-order valence-electron chi connectivity index (χ4n) is 2.42. The molecule has 0 aromatic heterocycles. The molecule has 2 aliphatic carbocycles. The number of aliphatic hydroxyl groups is 1. The Morgan fingerprint density at radius 3 is 1.23 bits per heavy atom. The van der Waals surface area contributed by atoms with Crippen molar-refractivity contribution in [3.8, 4) is 0 Å². The molecule has 3 rings (SSSR count). The Morgan fingerprint density at radius 1 is 0.727 bits per heavy atom. The summed E-state index contributed by atoms with van der Waals surface area (Å²) in [6.45, 7) is 3.11. The van der Waals surface area contributed by atoms with Gasteiger partial charge in [-0.05, 0) is 6.92 Å². The normalized spacial score (nSPS) is 14.6. The van der Waals surface area contributed by atoms with Crippen LogP contribution in [0.4, 0.5) is 0 Å². The topological polar surface area (TPSA) is 20.2 Å². The third-order valence-electron chi connectivity index (χ3n) is 3.73. The zero-order valence-electron chi connectivity index (χ0n) is 14.9. The maximum absolute atomic E-state index is 8.50. The van der Waals surface area contributed by atoms with E-state index in [1.165, 1.54) is 69.8 Å². The zero-order chi connectivity index (χ0) is 13.8. The quantitative estimate of drug-likeness (QED) is 0.591. The molecule has 1 nitrogen and oxygen atoms in total. The molecule has 0 spiro atoms. The van der Waals surface area contributed by atoms with E-state index >= 15 is 0 Å². The molecular weight excluding hydrogens is 342 g/mol. The summed E-state index contributed by atoms with van der Waals surface area (Å²) in [5.41, 5.74) is 2.06. The number of benzene rings is 1. The third-order valence-corrected chi connectivity index (χ3v) is 3.73. The maximum Gasteiger partial charge on any atom is 1.00 e. The molecule has 120 valence electrons. The Labute approximate surface area is 170 Å². The summed E-state index contributed by atoms with van der Waals surface area (Å²) in [4.78, 5) is 0. The van der Waals surface area contributed by atoms with Crippen molar-refractivity contribution in [3.05, 3.63) is 49.4 Å². The van der Waals surface area contributed by atoms with Crippen LogP contribution in [0.3, 0.4) is 0 Å². The standard InChI is InChI=1S/C8H9O.2C5H10.CH3.Li.Zr/c1-7-2-4-8(6-9)5-3-7;2*1-2-4-5-3-1;;;/h2-6,9H,1H3;2*1-5H2;1H3;;/q-1;;;-1;+1;. The van der Waals surface area contributed by atoms with Crippen molar-refractivity contribution in [2.24, 2.45) is 0 Å². The minimum Gasteiger partial charge on any atom is -0.429 e. The summed E-state index contributed by atoms with van der Waals surface area (Å²) in [5.74, 6) is 0. The molecule has 0 heterocycles. The average molecular weight is 375 g/mol. The minimum atomic E-state index is 0. The summed E-state index contributed by atoms with van der Waals surface area (Å²) in [6, 6.07) is 7.66. The van der Waals surface area contributed by atoms with E-state index in [9.17, 15) is 0 Å². The second-order valence-electron chi connectivity index (χ2n) is 5.58. The van der Waals surface area contributed by atoms with Gasteiger partial charge in [0.05, 0.1) is 0 Å². The second kappa shape index (κ2) is 19.6. The van der Waals surface area contributed by atoms with E-state index < -0.39 is 0 Å². The van der Waals surface area contributed by atoms with Gasteiger partial charge in [0.25, 0.3) is 0 Å². The first kappa shape index (κ1) is 27.4. The molecule has 2 saturated carbocycles. The van der Waals surface area contributed by atoms with E-state index in [-0.39, 0.29) is 52.5 Å². The van der Waals surface area contributed by atoms with E-state index in [0.717, 1.165) is 12.2 Å². The van der Waals surface area contributed by atoms with Gasteiger partial charge in [0, 0.05) is 26.2 Å². The summed E-state index contributed by atoms with van der Waals surface area (Å²) in [7, 11) is 0. The van der Waals surface area contributed by atoms with Crippen molar-refractivity contribution in [1.29, 1.82) is 0 Å². The van der Waals surface area contributed by atoms with Gasteiger partial charge in [0.1, 0.15) is 0 Å². The van der Waals surface area contributed by atoms with Crippen LogP contribution in [-0.4, -0.2) is 5.11 Å². The summed E-state index contributed by atoms with van der Waals surface area (Å²) in [6.07, 6.45) is 15.0. The Kier molecular flexibility index (Phi) is 24.4. The fourth-order valence-corrected chi connectivity index (χ4v) is 2.42. The molecule has 1 N–H and O–H groups in total. The Balaban J connectivity index is -0.000000243. The van der Waals surface area contributed by atoms with Crippen molar-refractivity contribution >= 4 is 0 Å². The van der Waals surface area contributed by atoms with Crippen LogP contribution in [0.2, 0.25) is 0 Å². The molecule has 0 amide bonds. The first-order valence-electron chi connectivity index (χ1n) is 7.87. The Hall–Kier alpha value is 0.531. The van der Waals surface area contributed by atoms with E-state index in [0.29, 0.717) is 0 Å². The second-order valence-corrected chi connectivity index (χ2v) is 5.58. The van der Waals surface area contributed by atoms with Crippen molar-refractivity contribution < 1.29 is 50.2 Å². The van der Waals surface area contributed by atoms with Gasteiger partial charge in [-0.25, -0.2) is 0 Å². The molecule has 1 aromatic rings. The SMILES string of the molecule is C1CCCC1.C1CCCC1.Cc1ccc([CH-]O)cc1.[CH3-].[Li+].[Zr]. The van der Waals surface area contributed by atoms with E-state index in [1.54, 1.807) is 0 Å². The molecule has 0 atom stereocenters. The number of aliphatic hydroxyl groups excluding tert-OH is 1. The predicted molar refractivity (Wildman–Crippen MR) is 89.1 cm³/mol. The van der Waals surface area contributed by atoms with Gasteiger partial charge in [0.15, 0.2) is 0 Å². The van der Waals surface area contributed by atoms with Gasteiger partial charge < -0.3 is 12.5 Å². The van der Waals surface area contributed by atoms with Crippen LogP contribution in [0.1, 0.15) is 75.3 Å². The summed E-state index contributed by atoms with van der Waals surface area (Å²) in [5, 5.41) is 8.50. The average Bonchev–Trinajstić information content (AvgIpc) is 3.18. The molecule has 3 heteroatoms. The van der Waals surface area contributed by atoms with Crippen molar-refractivity contribution in [3.63, 3.8) is 0 Å². The van der Waals surface area contributed by atoms with Gasteiger partial charge in [0.2, 0.25) is 0 Å². The molecule has 2 fully saturated rings. The van der Waals surface area contributed by atoms with Crippen LogP contribution < -0.4 is 18.9 Å². The zero-order valence-corrected chi connectivity index (χ0v) is 17.4. The van der Waals surface area contributed by atoms with E-state index in [2.05, 4.69) is 0 Å². The van der Waals surface area contributed by atoms with Gasteiger partial charge in [-0.2, -0.15) is 17.7 Å². The van der Waals surface area contributed by atoms with Gasteiger partial charge >= 0.3 is 18.9 Å². The van der Waals surface area contributed by atoms with Crippen molar-refractivity contribution in [1.82, 2.24) is 0 Å². The molecule has 1 aromatic carbocycles. The van der Waals surface area contributed by atoms with E-state index in [1.807, 2.05) is 31.2 Å². The van der Waals surface area contributed by atoms with Gasteiger partial charge in [-0.1, -0.05) is 76.4 Å². The molecule has 0 radical (unpaired) electrons. The van der Waals surface area contributed by atoms with Crippen LogP contribution in [-0.2, 0) is 26.2 Å². The molecule has 0 aliphatic heterocycles. The largest absolute Gasteiger partial charge is 1.00 e. The third kappa shape index (κ3) is 15.4. The number of hydrogen-bond acceptors (Lipinski definition) is 1. The predicted octanol–water partition coefficient (Wildman–Crippen LogP) is 3.23. The smallest absolute Gasteiger partial charge is 0.429 e. The minimum absolute atomic E-state index is 0. The van der Waals surface area contributed by atoms with Gasteiger partial charge in [-0.3, -0.25) is 0 Å². The maximum atomic E-state index is 8.50. The molecule has 0 bridgehead atoms. The van der Waals surface area contributed by atoms with Crippen LogP contribution >= 0.6 is 0 Å². The molecule has 0 unspecified atom stereocenters. The summed E-state index contributed by atoms with van der Waals surface area (Å²) >= 11 is 0. The molecule has 2 aliphatic rings. The first-order chi connectivity index (χ1) is 9.33. The molecular formula is C19H32LiOZr-. The van der Waals surface area contributed by atoms with Crippen LogP contribution in [0.15, 0.2) is 24.3 Å². The van der Waals surface area contributed by atoms with Crippen LogP contribution in [0.25, 0.3) is 0 Å². The fraction of sp³-hybridized carbons (Fsp3) is 0.579. The van der Waals surface area contributed by atoms with Crippen LogP contribution in [0.5, 0.6) is 0 Å². The van der Waals surface area contributed by atoms with Crippen molar-refractivity contribution in [2.45, 2.75) is 71.1 Å². The first-order valence-corrected chi connectivity index (χ1v) is 7.87. The molecule has 0 saturated heterocycles. The van der Waals surface area contributed by atoms with E-state index in [4.69, 9.17) is 5.11 Å². The summed E-state index contributed by atoms with van der Waals surface area (Å²) < 4.78 is 0. The number of aryl methyl sites for hydroxylation is 1. The van der Waals surface area contributed by atoms with Crippen molar-refractivity contribution in [2.75, 3.05) is 0 Å². The Morgan fingerprint density at radius 2 is 1.00 bits per heavy atom. The monoisotopic (exact) mass is 373 g/mol. The number of hydrogen-bond donors (Lipinski definition) is 1. The van der Waals surface area contributed by atoms with Crippen LogP contribution in [0, 0.1) is 21.0 Å². The van der Waals surface area contributed by atoms with Gasteiger partial charge in [-0.15, -0.1) is 12.1 Å². The molecule has 22 heavy (non-hydrogen) atoms. The number of rotatable bonds is 1.